The van der Waals surface area contributed by atoms with Gasteiger partial charge >= 0.3 is 0 Å². The monoisotopic (exact) mass is 855 g/mol. The number of nitrogens with two attached hydrogens (primary N) is 1. The molecule has 10 rings (SSSR count). The number of fused-ring (bicyclic) bond motifs is 2. The van der Waals surface area contributed by atoms with E-state index in [0.717, 1.165) is 80.6 Å². The quantitative estimate of drug-likeness (QED) is 0.0863. The van der Waals surface area contributed by atoms with Crippen LogP contribution in [0.5, 0.6) is 0 Å². The van der Waals surface area contributed by atoms with Crippen molar-refractivity contribution in [3.8, 4) is 32.5 Å². The topological polar surface area (TPSA) is 138 Å². The highest BCUT2D eigenvalue weighted by molar-refractivity contribution is 7.80. The number of nitrogen functional groups attached to an aromatic ring is 1. The van der Waals surface area contributed by atoms with E-state index in [1.54, 1.807) is 52.1 Å². The lowest BCUT2D eigenvalue weighted by atomic mass is 10.1. The van der Waals surface area contributed by atoms with Gasteiger partial charge in [0.1, 0.15) is 10.0 Å². The third-order valence-electron chi connectivity index (χ3n) is 8.87. The van der Waals surface area contributed by atoms with Crippen molar-refractivity contribution in [1.29, 1.82) is 0 Å². The molecule has 0 aliphatic heterocycles. The van der Waals surface area contributed by atoms with Gasteiger partial charge in [0.05, 0.1) is 47.6 Å². The van der Waals surface area contributed by atoms with Crippen LogP contribution in [0, 0.1) is 0 Å². The van der Waals surface area contributed by atoms with Gasteiger partial charge in [-0.2, -0.15) is 15.2 Å². The lowest BCUT2D eigenvalue weighted by Crippen LogP contribution is -2.12. The Morgan fingerprint density at radius 3 is 1.75 bits per heavy atom. The lowest BCUT2D eigenvalue weighted by Gasteiger charge is -2.12. The third kappa shape index (κ3) is 9.76. The van der Waals surface area contributed by atoms with Crippen LogP contribution in [-0.2, 0) is 6.42 Å². The molecule has 0 fully saturated rings. The van der Waals surface area contributed by atoms with Crippen LogP contribution in [0.25, 0.3) is 53.0 Å². The van der Waals surface area contributed by atoms with E-state index >= 15 is 0 Å². The molecule has 0 saturated heterocycles. The molecule has 0 radical (unpaired) electrons. The summed E-state index contributed by atoms with van der Waals surface area (Å²) in [7, 11) is 0. The highest BCUT2D eigenvalue weighted by Crippen LogP contribution is 2.35. The SMILES string of the molecule is Nc1ccccc1-c1nc2ccncc2s1.S=C(Cc1ccc(-n2cccn2)cc1)Nc1ccccc1-c1nc2ccncc2s1.S=C=Nc1ccc(-n2cccn2)cc1. The van der Waals surface area contributed by atoms with E-state index in [4.69, 9.17) is 22.9 Å². The molecule has 4 aromatic carbocycles. The summed E-state index contributed by atoms with van der Waals surface area (Å²) < 4.78 is 5.78. The average Bonchev–Trinajstić information content (AvgIpc) is 4.13. The van der Waals surface area contributed by atoms with Crippen molar-refractivity contribution in [3.63, 3.8) is 0 Å². The van der Waals surface area contributed by atoms with E-state index < -0.39 is 0 Å². The van der Waals surface area contributed by atoms with Crippen LogP contribution in [0.4, 0.5) is 17.1 Å². The van der Waals surface area contributed by atoms with Crippen molar-refractivity contribution in [2.45, 2.75) is 6.42 Å². The minimum Gasteiger partial charge on any atom is -0.398 e. The first kappa shape index (κ1) is 39.7. The van der Waals surface area contributed by atoms with E-state index in [2.05, 4.69) is 71.0 Å². The Kier molecular flexibility index (Phi) is 12.6. The van der Waals surface area contributed by atoms with Gasteiger partial charge < -0.3 is 11.1 Å². The Bertz CT molecular complexity index is 2960. The number of nitrogens with zero attached hydrogens (tertiary/aromatic N) is 9. The highest BCUT2D eigenvalue weighted by Gasteiger charge is 2.12. The fourth-order valence-electron chi connectivity index (χ4n) is 5.98. The van der Waals surface area contributed by atoms with Gasteiger partial charge in [-0.1, -0.05) is 48.6 Å². The summed E-state index contributed by atoms with van der Waals surface area (Å²) in [5.74, 6) is 0. The van der Waals surface area contributed by atoms with Gasteiger partial charge in [0, 0.05) is 78.5 Å². The molecule has 3 N–H and O–H groups in total. The minimum atomic E-state index is 0.660. The second kappa shape index (κ2) is 19.1. The molecule has 0 spiro atoms. The Morgan fingerprint density at radius 1 is 0.650 bits per heavy atom. The summed E-state index contributed by atoms with van der Waals surface area (Å²) in [5.41, 5.74) is 15.6. The zero-order valence-corrected chi connectivity index (χ0v) is 34.9. The van der Waals surface area contributed by atoms with Crippen LogP contribution in [-0.4, -0.2) is 49.6 Å². The fraction of sp³-hybridized carbons (Fsp3) is 0.0222. The number of aromatic nitrogens is 8. The number of anilines is 2. The maximum atomic E-state index is 5.93. The predicted octanol–water partition coefficient (Wildman–Crippen LogP) is 11.1. The Labute approximate surface area is 363 Å². The lowest BCUT2D eigenvalue weighted by molar-refractivity contribution is 0.880. The van der Waals surface area contributed by atoms with Crippen molar-refractivity contribution in [1.82, 2.24) is 39.5 Å². The van der Waals surface area contributed by atoms with E-state index in [9.17, 15) is 0 Å². The standard InChI is InChI=1S/C23H17N5S2.C12H9N3S.C10H7N3S/c29-22(14-16-6-8-17(9-7-16)28-13-3-11-25-28)26-19-5-2-1-4-18(19)23-27-20-10-12-24-15-21(20)30-23;13-9-4-2-1-3-8(9)12-15-10-5-6-14-7-11(10)16-12;14-8-11-9-2-4-10(5-3-9)13-7-1-6-12-13/h1-13,15H,14H2,(H,26,29);1-7H,13H2;1-7H. The molecule has 0 saturated carbocycles. The summed E-state index contributed by atoms with van der Waals surface area (Å²) in [6, 6.07) is 39.4. The first-order valence-electron chi connectivity index (χ1n) is 18.4. The highest BCUT2D eigenvalue weighted by atomic mass is 32.1. The average molecular weight is 856 g/mol. The molecule has 0 aliphatic rings. The Balaban J connectivity index is 0.000000139. The number of para-hydroxylation sites is 2. The zero-order valence-electron chi connectivity index (χ0n) is 31.6. The van der Waals surface area contributed by atoms with Crippen LogP contribution in [0.3, 0.4) is 0 Å². The van der Waals surface area contributed by atoms with E-state index in [0.29, 0.717) is 6.42 Å². The number of nitrogens with one attached hydrogen (secondary N) is 1. The Hall–Kier alpha value is -7.13. The van der Waals surface area contributed by atoms with Crippen molar-refractivity contribution < 1.29 is 0 Å². The largest absolute Gasteiger partial charge is 0.398 e. The molecule has 0 aliphatic carbocycles. The van der Waals surface area contributed by atoms with Crippen LogP contribution >= 0.6 is 47.1 Å². The molecule has 0 amide bonds. The van der Waals surface area contributed by atoms with E-state index in [-0.39, 0.29) is 0 Å². The smallest absolute Gasteiger partial charge is 0.126 e. The molecule has 6 heterocycles. The zero-order chi connectivity index (χ0) is 41.1. The van der Waals surface area contributed by atoms with Crippen molar-refractivity contribution in [3.05, 3.63) is 176 Å². The van der Waals surface area contributed by atoms with Gasteiger partial charge in [0.25, 0.3) is 0 Å². The number of pyridine rings is 2. The maximum absolute atomic E-state index is 5.93. The molecule has 0 unspecified atom stereocenters. The van der Waals surface area contributed by atoms with Crippen LogP contribution < -0.4 is 11.1 Å². The van der Waals surface area contributed by atoms with E-state index in [1.165, 1.54) is 0 Å². The van der Waals surface area contributed by atoms with Gasteiger partial charge in [0.2, 0.25) is 0 Å². The third-order valence-corrected chi connectivity index (χ3v) is 11.3. The van der Waals surface area contributed by atoms with Gasteiger partial charge in [-0.25, -0.2) is 19.3 Å². The molecule has 10 aromatic rings. The molecule has 11 nitrogen and oxygen atoms in total. The summed E-state index contributed by atoms with van der Waals surface area (Å²) in [6.45, 7) is 0. The number of thiocarbonyl (C=S) groups is 2. The van der Waals surface area contributed by atoms with E-state index in [1.807, 2.05) is 133 Å². The fourth-order valence-corrected chi connectivity index (χ4v) is 8.32. The van der Waals surface area contributed by atoms with Gasteiger partial charge in [0.15, 0.2) is 0 Å². The maximum Gasteiger partial charge on any atom is 0.126 e. The van der Waals surface area contributed by atoms with Gasteiger partial charge in [-0.05, 0) is 103 Å². The van der Waals surface area contributed by atoms with Crippen LogP contribution in [0.2, 0.25) is 0 Å². The number of hydrogen-bond acceptors (Lipinski definition) is 12. The number of hydrogen-bond donors (Lipinski definition) is 2. The molecule has 60 heavy (non-hydrogen) atoms. The second-order valence-corrected chi connectivity index (χ2v) is 15.6. The van der Waals surface area contributed by atoms with Gasteiger partial charge in [-0.3, -0.25) is 9.97 Å². The molecule has 0 bridgehead atoms. The Morgan fingerprint density at radius 2 is 1.20 bits per heavy atom. The predicted molar refractivity (Wildman–Crippen MR) is 252 cm³/mol. The summed E-state index contributed by atoms with van der Waals surface area (Å²) >= 11 is 13.4. The summed E-state index contributed by atoms with van der Waals surface area (Å²) in [6.07, 6.45) is 15.2. The number of benzene rings is 4. The van der Waals surface area contributed by atoms with Crippen molar-refractivity contribution in [2.75, 3.05) is 11.1 Å². The van der Waals surface area contributed by atoms with Crippen molar-refractivity contribution >= 4 is 94.8 Å². The molecule has 0 atom stereocenters. The molecular formula is C45H33N11S4. The minimum absolute atomic E-state index is 0.660. The number of aliphatic imine (C=N–C) groups is 1. The molecule has 292 valence electrons. The van der Waals surface area contributed by atoms with Crippen molar-refractivity contribution in [2.24, 2.45) is 4.99 Å². The number of isothiocyanates is 1. The van der Waals surface area contributed by atoms with Crippen LogP contribution in [0.15, 0.2) is 176 Å². The molecule has 15 heteroatoms. The summed E-state index contributed by atoms with van der Waals surface area (Å²) in [5, 5.41) is 16.0. The van der Waals surface area contributed by atoms with Crippen LogP contribution in [0.1, 0.15) is 5.56 Å². The molecular weight excluding hydrogens is 823 g/mol. The van der Waals surface area contributed by atoms with Gasteiger partial charge in [-0.15, -0.1) is 22.7 Å². The number of thiazole rings is 2. The second-order valence-electron chi connectivity index (χ2n) is 12.9. The number of rotatable bonds is 8. The first-order chi connectivity index (χ1) is 29.5. The summed E-state index contributed by atoms with van der Waals surface area (Å²) in [4.78, 5) is 22.2. The normalized spacial score (nSPS) is 10.5. The molecule has 6 aromatic heterocycles. The first-order valence-corrected chi connectivity index (χ1v) is 20.9.